The highest BCUT2D eigenvalue weighted by atomic mass is 16.5. The van der Waals surface area contributed by atoms with Crippen LogP contribution in [0.4, 0.5) is 0 Å². The summed E-state index contributed by atoms with van der Waals surface area (Å²) in [5.41, 5.74) is -0.0331. The number of aliphatic hydroxyl groups is 1. The van der Waals surface area contributed by atoms with Crippen molar-refractivity contribution >= 4 is 5.91 Å². The first-order valence-electron chi connectivity index (χ1n) is 7.64. The number of benzene rings is 1. The van der Waals surface area contributed by atoms with Gasteiger partial charge in [0.15, 0.2) is 6.61 Å². The van der Waals surface area contributed by atoms with Crippen molar-refractivity contribution < 1.29 is 19.1 Å². The molecule has 0 aliphatic carbocycles. The average Bonchev–Trinajstić information content (AvgIpc) is 3.06. The van der Waals surface area contributed by atoms with Gasteiger partial charge in [0, 0.05) is 0 Å². The normalized spacial score (nSPS) is 13.6. The van der Waals surface area contributed by atoms with Crippen LogP contribution < -0.4 is 10.1 Å². The molecule has 1 aromatic heterocycles. The third kappa shape index (κ3) is 4.86. The van der Waals surface area contributed by atoms with Crippen molar-refractivity contribution in [2.45, 2.75) is 32.3 Å². The molecule has 1 unspecified atom stereocenters. The summed E-state index contributed by atoms with van der Waals surface area (Å²) in [4.78, 5) is 11.8. The Morgan fingerprint density at radius 3 is 2.57 bits per heavy atom. The van der Waals surface area contributed by atoms with Gasteiger partial charge in [-0.2, -0.15) is 0 Å². The van der Waals surface area contributed by atoms with Crippen LogP contribution in [0.25, 0.3) is 0 Å². The Bertz CT molecular complexity index is 615. The van der Waals surface area contributed by atoms with Crippen LogP contribution in [-0.2, 0) is 10.4 Å². The van der Waals surface area contributed by atoms with Gasteiger partial charge in [-0.25, -0.2) is 0 Å². The van der Waals surface area contributed by atoms with Crippen LogP contribution in [0.3, 0.4) is 0 Å². The lowest BCUT2D eigenvalue weighted by Gasteiger charge is -2.21. The van der Waals surface area contributed by atoms with E-state index < -0.39 is 5.60 Å². The minimum Gasteiger partial charge on any atom is -0.484 e. The maximum atomic E-state index is 11.8. The number of rotatable bonds is 7. The number of ether oxygens (including phenoxy) is 1. The summed E-state index contributed by atoms with van der Waals surface area (Å²) in [6, 6.07) is 11.0. The predicted octanol–water partition coefficient (Wildman–Crippen LogP) is 2.81. The summed E-state index contributed by atoms with van der Waals surface area (Å²) >= 11 is 0. The van der Waals surface area contributed by atoms with Crippen molar-refractivity contribution in [3.8, 4) is 5.75 Å². The Kier molecular flexibility index (Phi) is 5.45. The van der Waals surface area contributed by atoms with Crippen molar-refractivity contribution in [3.05, 3.63) is 54.0 Å². The van der Waals surface area contributed by atoms with E-state index >= 15 is 0 Å². The van der Waals surface area contributed by atoms with Crippen LogP contribution in [-0.4, -0.2) is 24.2 Å². The first-order valence-corrected chi connectivity index (χ1v) is 7.64. The summed E-state index contributed by atoms with van der Waals surface area (Å²) in [5.74, 6) is 1.20. The van der Waals surface area contributed by atoms with E-state index in [-0.39, 0.29) is 19.1 Å². The Labute approximate surface area is 136 Å². The van der Waals surface area contributed by atoms with E-state index in [4.69, 9.17) is 9.15 Å². The highest BCUT2D eigenvalue weighted by molar-refractivity contribution is 5.77. The fourth-order valence-electron chi connectivity index (χ4n) is 2.09. The summed E-state index contributed by atoms with van der Waals surface area (Å²) in [6.45, 7) is 5.77. The summed E-state index contributed by atoms with van der Waals surface area (Å²) in [6.07, 6.45) is 1.48. The summed E-state index contributed by atoms with van der Waals surface area (Å²) in [5, 5.41) is 12.9. The van der Waals surface area contributed by atoms with Gasteiger partial charge in [-0.1, -0.05) is 26.0 Å². The standard InChI is InChI=1S/C18H23NO4/c1-13(2)14-6-8-15(9-7-14)23-11-17(20)19-12-18(3,21)16-5-4-10-22-16/h4-10,13,21H,11-12H2,1-3H3,(H,19,20). The van der Waals surface area contributed by atoms with Gasteiger partial charge in [0.05, 0.1) is 12.8 Å². The first-order chi connectivity index (χ1) is 10.9. The number of carbonyl (C=O) groups is 1. The van der Waals surface area contributed by atoms with Crippen LogP contribution in [0, 0.1) is 0 Å². The van der Waals surface area contributed by atoms with Crippen molar-refractivity contribution in [2.75, 3.05) is 13.2 Å². The fraction of sp³-hybridized carbons (Fsp3) is 0.389. The van der Waals surface area contributed by atoms with Gasteiger partial charge >= 0.3 is 0 Å². The third-order valence-electron chi connectivity index (χ3n) is 3.60. The van der Waals surface area contributed by atoms with Crippen LogP contribution in [0.1, 0.15) is 38.0 Å². The number of furan rings is 1. The average molecular weight is 317 g/mol. The molecule has 0 aliphatic rings. The van der Waals surface area contributed by atoms with Crippen LogP contribution in [0.2, 0.25) is 0 Å². The van der Waals surface area contributed by atoms with Crippen molar-refractivity contribution in [3.63, 3.8) is 0 Å². The summed E-state index contributed by atoms with van der Waals surface area (Å²) in [7, 11) is 0. The van der Waals surface area contributed by atoms with Crippen LogP contribution in [0.5, 0.6) is 5.75 Å². The molecule has 1 atom stereocenters. The van der Waals surface area contributed by atoms with Gasteiger partial charge in [0.25, 0.3) is 5.91 Å². The Morgan fingerprint density at radius 2 is 2.00 bits per heavy atom. The monoisotopic (exact) mass is 317 g/mol. The number of amides is 1. The molecule has 0 fully saturated rings. The maximum absolute atomic E-state index is 11.8. The second kappa shape index (κ2) is 7.33. The van der Waals surface area contributed by atoms with Gasteiger partial charge in [-0.15, -0.1) is 0 Å². The van der Waals surface area contributed by atoms with E-state index in [9.17, 15) is 9.90 Å². The van der Waals surface area contributed by atoms with E-state index in [1.807, 2.05) is 24.3 Å². The first kappa shape index (κ1) is 17.1. The van der Waals surface area contributed by atoms with Crippen molar-refractivity contribution in [1.29, 1.82) is 0 Å². The molecule has 0 aliphatic heterocycles. The highest BCUT2D eigenvalue weighted by Gasteiger charge is 2.26. The molecular formula is C18H23NO4. The number of hydrogen-bond donors (Lipinski definition) is 2. The molecular weight excluding hydrogens is 294 g/mol. The van der Waals surface area contributed by atoms with Crippen LogP contribution >= 0.6 is 0 Å². The van der Waals surface area contributed by atoms with Gasteiger partial charge in [0.2, 0.25) is 0 Å². The van der Waals surface area contributed by atoms with E-state index in [1.165, 1.54) is 11.8 Å². The lowest BCUT2D eigenvalue weighted by Crippen LogP contribution is -2.40. The fourth-order valence-corrected chi connectivity index (χ4v) is 2.09. The molecule has 2 aromatic rings. The Morgan fingerprint density at radius 1 is 1.30 bits per heavy atom. The second-order valence-corrected chi connectivity index (χ2v) is 6.04. The van der Waals surface area contributed by atoms with E-state index in [0.717, 1.165) is 0 Å². The van der Waals surface area contributed by atoms with Gasteiger partial charge in [-0.05, 0) is 42.7 Å². The largest absolute Gasteiger partial charge is 0.484 e. The zero-order chi connectivity index (χ0) is 16.9. The minimum absolute atomic E-state index is 0.0506. The quantitative estimate of drug-likeness (QED) is 0.824. The number of carbonyl (C=O) groups excluding carboxylic acids is 1. The number of hydrogen-bond acceptors (Lipinski definition) is 4. The molecule has 5 nitrogen and oxygen atoms in total. The van der Waals surface area contributed by atoms with Gasteiger partial charge < -0.3 is 19.6 Å². The zero-order valence-electron chi connectivity index (χ0n) is 13.7. The van der Waals surface area contributed by atoms with Crippen LogP contribution in [0.15, 0.2) is 47.1 Å². The molecule has 2 N–H and O–H groups in total. The summed E-state index contributed by atoms with van der Waals surface area (Å²) < 4.78 is 10.6. The Hall–Kier alpha value is -2.27. The molecule has 0 saturated heterocycles. The molecule has 124 valence electrons. The zero-order valence-corrected chi connectivity index (χ0v) is 13.7. The molecule has 0 bridgehead atoms. The molecule has 0 spiro atoms. The number of nitrogens with one attached hydrogen (secondary N) is 1. The molecule has 23 heavy (non-hydrogen) atoms. The van der Waals surface area contributed by atoms with E-state index in [2.05, 4.69) is 19.2 Å². The topological polar surface area (TPSA) is 71.7 Å². The molecule has 2 rings (SSSR count). The predicted molar refractivity (Wildman–Crippen MR) is 87.3 cm³/mol. The minimum atomic E-state index is -1.25. The molecule has 5 heteroatoms. The van der Waals surface area contributed by atoms with E-state index in [0.29, 0.717) is 17.4 Å². The lowest BCUT2D eigenvalue weighted by atomic mass is 10.0. The smallest absolute Gasteiger partial charge is 0.258 e. The third-order valence-corrected chi connectivity index (χ3v) is 3.60. The molecule has 0 radical (unpaired) electrons. The molecule has 1 heterocycles. The van der Waals surface area contributed by atoms with Gasteiger partial charge in [0.1, 0.15) is 17.1 Å². The SMILES string of the molecule is CC(C)c1ccc(OCC(=O)NCC(C)(O)c2ccco2)cc1. The highest BCUT2D eigenvalue weighted by Crippen LogP contribution is 2.20. The van der Waals surface area contributed by atoms with E-state index in [1.54, 1.807) is 19.1 Å². The maximum Gasteiger partial charge on any atom is 0.258 e. The lowest BCUT2D eigenvalue weighted by molar-refractivity contribution is -0.124. The van der Waals surface area contributed by atoms with Crippen molar-refractivity contribution in [2.24, 2.45) is 0 Å². The molecule has 0 saturated carbocycles. The molecule has 1 aromatic carbocycles. The van der Waals surface area contributed by atoms with Crippen molar-refractivity contribution in [1.82, 2.24) is 5.32 Å². The van der Waals surface area contributed by atoms with Gasteiger partial charge in [-0.3, -0.25) is 4.79 Å². The Balaban J connectivity index is 1.79. The second-order valence-electron chi connectivity index (χ2n) is 6.04. The molecule has 1 amide bonds.